The van der Waals surface area contributed by atoms with Gasteiger partial charge in [0.05, 0.1) is 0 Å². The van der Waals surface area contributed by atoms with Gasteiger partial charge in [-0.15, -0.1) is 0 Å². The van der Waals surface area contributed by atoms with Crippen LogP contribution in [0.15, 0.2) is 53.0 Å². The van der Waals surface area contributed by atoms with Crippen molar-refractivity contribution in [3.8, 4) is 5.75 Å². The topological polar surface area (TPSA) is 69.6 Å². The Bertz CT molecular complexity index is 601. The third-order valence-corrected chi connectivity index (χ3v) is 3.12. The number of hydrogen-bond acceptors (Lipinski definition) is 3. The molecule has 0 bridgehead atoms. The normalized spacial score (nSPS) is 11.8. The maximum absolute atomic E-state index is 11.4. The van der Waals surface area contributed by atoms with Gasteiger partial charge in [0.25, 0.3) is 0 Å². The molecule has 0 fully saturated rings. The van der Waals surface area contributed by atoms with Crippen LogP contribution in [0, 0.1) is 0 Å². The van der Waals surface area contributed by atoms with Crippen molar-refractivity contribution in [3.63, 3.8) is 0 Å². The maximum Gasteiger partial charge on any atom is 0.330 e. The fraction of sp³-hybridized carbons (Fsp3) is 0.0714. The molecule has 2 aromatic rings. The van der Waals surface area contributed by atoms with Gasteiger partial charge < -0.3 is 15.5 Å². The van der Waals surface area contributed by atoms with Gasteiger partial charge in [-0.3, -0.25) is 0 Å². The summed E-state index contributed by atoms with van der Waals surface area (Å²) >= 11 is 3.32. The Kier molecular flexibility index (Phi) is 4.06. The molecule has 0 spiro atoms. The number of anilines is 1. The average molecular weight is 322 g/mol. The van der Waals surface area contributed by atoms with Gasteiger partial charge in [0.2, 0.25) is 0 Å². The number of phenolic OH excluding ortho intramolecular Hbond substituents is 1. The number of halogens is 1. The first-order valence-electron chi connectivity index (χ1n) is 5.61. The molecule has 0 aliphatic rings. The summed E-state index contributed by atoms with van der Waals surface area (Å²) in [7, 11) is 0. The largest absolute Gasteiger partial charge is 0.508 e. The SMILES string of the molecule is O=C(O)C(Nc1cccc(Br)c1)c1ccccc1O. The van der Waals surface area contributed by atoms with Gasteiger partial charge in [-0.05, 0) is 24.3 Å². The van der Waals surface area contributed by atoms with E-state index >= 15 is 0 Å². The quantitative estimate of drug-likeness (QED) is 0.807. The smallest absolute Gasteiger partial charge is 0.330 e. The van der Waals surface area contributed by atoms with Crippen LogP contribution in [0.5, 0.6) is 5.75 Å². The van der Waals surface area contributed by atoms with Gasteiger partial charge >= 0.3 is 5.97 Å². The number of carbonyl (C=O) groups is 1. The number of benzene rings is 2. The molecule has 19 heavy (non-hydrogen) atoms. The molecule has 0 aliphatic carbocycles. The van der Waals surface area contributed by atoms with Gasteiger partial charge in [-0.2, -0.15) is 0 Å². The van der Waals surface area contributed by atoms with Crippen LogP contribution < -0.4 is 5.32 Å². The van der Waals surface area contributed by atoms with Gasteiger partial charge in [-0.25, -0.2) is 4.79 Å². The molecule has 0 saturated heterocycles. The predicted molar refractivity (Wildman–Crippen MR) is 76.2 cm³/mol. The highest BCUT2D eigenvalue weighted by molar-refractivity contribution is 9.10. The minimum atomic E-state index is -1.05. The summed E-state index contributed by atoms with van der Waals surface area (Å²) in [6, 6.07) is 12.6. The molecular weight excluding hydrogens is 310 g/mol. The van der Waals surface area contributed by atoms with Crippen molar-refractivity contribution < 1.29 is 15.0 Å². The van der Waals surface area contributed by atoms with E-state index in [-0.39, 0.29) is 5.75 Å². The second-order valence-corrected chi connectivity index (χ2v) is 4.90. The minimum Gasteiger partial charge on any atom is -0.508 e. The van der Waals surface area contributed by atoms with Crippen molar-refractivity contribution in [2.75, 3.05) is 5.32 Å². The number of aliphatic carboxylic acids is 1. The molecule has 1 unspecified atom stereocenters. The number of carboxylic acid groups (broad SMARTS) is 1. The Morgan fingerprint density at radius 2 is 1.89 bits per heavy atom. The molecule has 3 N–H and O–H groups in total. The number of carboxylic acids is 1. The molecule has 0 amide bonds. The van der Waals surface area contributed by atoms with E-state index in [0.29, 0.717) is 11.3 Å². The predicted octanol–water partition coefficient (Wildman–Crippen LogP) is 3.39. The first-order valence-corrected chi connectivity index (χ1v) is 6.40. The first-order chi connectivity index (χ1) is 9.08. The highest BCUT2D eigenvalue weighted by Gasteiger charge is 2.22. The molecular formula is C14H12BrNO3. The van der Waals surface area contributed by atoms with Gasteiger partial charge in [0.1, 0.15) is 5.75 Å². The molecule has 1 atom stereocenters. The van der Waals surface area contributed by atoms with Gasteiger partial charge in [0, 0.05) is 15.7 Å². The van der Waals surface area contributed by atoms with Crippen LogP contribution in [-0.2, 0) is 4.79 Å². The molecule has 98 valence electrons. The fourth-order valence-corrected chi connectivity index (χ4v) is 2.15. The van der Waals surface area contributed by atoms with E-state index in [1.54, 1.807) is 36.4 Å². The number of phenols is 1. The van der Waals surface area contributed by atoms with Gasteiger partial charge in [-0.1, -0.05) is 40.2 Å². The van der Waals surface area contributed by atoms with E-state index in [9.17, 15) is 15.0 Å². The number of nitrogens with one attached hydrogen (secondary N) is 1. The zero-order valence-electron chi connectivity index (χ0n) is 9.88. The van der Waals surface area contributed by atoms with Crippen molar-refractivity contribution in [1.82, 2.24) is 0 Å². The van der Waals surface area contributed by atoms with Crippen molar-refractivity contribution >= 4 is 27.6 Å². The van der Waals surface area contributed by atoms with E-state index in [1.807, 2.05) is 6.07 Å². The molecule has 5 heteroatoms. The zero-order valence-corrected chi connectivity index (χ0v) is 11.5. The van der Waals surface area contributed by atoms with Crippen LogP contribution in [0.3, 0.4) is 0 Å². The standard InChI is InChI=1S/C14H12BrNO3/c15-9-4-3-5-10(8-9)16-13(14(18)19)11-6-1-2-7-12(11)17/h1-8,13,16-17H,(H,18,19). The summed E-state index contributed by atoms with van der Waals surface area (Å²) < 4.78 is 0.846. The van der Waals surface area contributed by atoms with Gasteiger partial charge in [0.15, 0.2) is 6.04 Å². The number of para-hydroxylation sites is 1. The molecule has 2 rings (SSSR count). The van der Waals surface area contributed by atoms with E-state index in [2.05, 4.69) is 21.2 Å². The second-order valence-electron chi connectivity index (χ2n) is 3.98. The van der Waals surface area contributed by atoms with Crippen molar-refractivity contribution in [2.24, 2.45) is 0 Å². The van der Waals surface area contributed by atoms with Crippen molar-refractivity contribution in [3.05, 3.63) is 58.6 Å². The summed E-state index contributed by atoms with van der Waals surface area (Å²) in [6.45, 7) is 0. The van der Waals surface area contributed by atoms with Crippen LogP contribution in [0.1, 0.15) is 11.6 Å². The third kappa shape index (κ3) is 3.26. The molecule has 0 saturated carbocycles. The Labute approximate surface area is 118 Å². The number of rotatable bonds is 4. The Morgan fingerprint density at radius 1 is 1.16 bits per heavy atom. The second kappa shape index (κ2) is 5.75. The van der Waals surface area contributed by atoms with Crippen molar-refractivity contribution in [2.45, 2.75) is 6.04 Å². The van der Waals surface area contributed by atoms with Crippen LogP contribution in [0.4, 0.5) is 5.69 Å². The molecule has 0 radical (unpaired) electrons. The Morgan fingerprint density at radius 3 is 2.53 bits per heavy atom. The fourth-order valence-electron chi connectivity index (χ4n) is 1.75. The van der Waals surface area contributed by atoms with Crippen molar-refractivity contribution in [1.29, 1.82) is 0 Å². The lowest BCUT2D eigenvalue weighted by atomic mass is 10.1. The Balaban J connectivity index is 2.32. The number of hydrogen-bond donors (Lipinski definition) is 3. The van der Waals surface area contributed by atoms with E-state index < -0.39 is 12.0 Å². The lowest BCUT2D eigenvalue weighted by Gasteiger charge is -2.17. The Hall–Kier alpha value is -2.01. The van der Waals surface area contributed by atoms with Crippen LogP contribution in [0.2, 0.25) is 0 Å². The van der Waals surface area contributed by atoms with Crippen LogP contribution in [-0.4, -0.2) is 16.2 Å². The molecule has 0 aliphatic heterocycles. The van der Waals surface area contributed by atoms with Crippen LogP contribution >= 0.6 is 15.9 Å². The molecule has 0 heterocycles. The first kappa shape index (κ1) is 13.4. The number of aromatic hydroxyl groups is 1. The summed E-state index contributed by atoms with van der Waals surface area (Å²) in [6.07, 6.45) is 0. The molecule has 0 aromatic heterocycles. The maximum atomic E-state index is 11.4. The van der Waals surface area contributed by atoms with E-state index in [1.165, 1.54) is 6.07 Å². The highest BCUT2D eigenvalue weighted by atomic mass is 79.9. The average Bonchev–Trinajstić information content (AvgIpc) is 2.37. The lowest BCUT2D eigenvalue weighted by Crippen LogP contribution is -2.20. The summed E-state index contributed by atoms with van der Waals surface area (Å²) in [5, 5.41) is 21.9. The molecule has 2 aromatic carbocycles. The molecule has 4 nitrogen and oxygen atoms in total. The van der Waals surface area contributed by atoms with E-state index in [0.717, 1.165) is 4.47 Å². The minimum absolute atomic E-state index is 0.0441. The van der Waals surface area contributed by atoms with Crippen LogP contribution in [0.25, 0.3) is 0 Å². The monoisotopic (exact) mass is 321 g/mol. The third-order valence-electron chi connectivity index (χ3n) is 2.63. The highest BCUT2D eigenvalue weighted by Crippen LogP contribution is 2.28. The zero-order chi connectivity index (χ0) is 13.8. The summed E-state index contributed by atoms with van der Waals surface area (Å²) in [5.74, 6) is -1.10. The summed E-state index contributed by atoms with van der Waals surface area (Å²) in [4.78, 5) is 11.4. The lowest BCUT2D eigenvalue weighted by molar-refractivity contribution is -0.138. The van der Waals surface area contributed by atoms with E-state index in [4.69, 9.17) is 0 Å². The summed E-state index contributed by atoms with van der Waals surface area (Å²) in [5.41, 5.74) is 0.986.